The Morgan fingerprint density at radius 3 is 2.70 bits per heavy atom. The minimum absolute atomic E-state index is 0.110. The lowest BCUT2D eigenvalue weighted by atomic mass is 9.97. The van der Waals surface area contributed by atoms with Gasteiger partial charge in [-0.25, -0.2) is 4.98 Å². The highest BCUT2D eigenvalue weighted by atomic mass is 35.5. The van der Waals surface area contributed by atoms with Crippen LogP contribution in [0.1, 0.15) is 41.6 Å². The molecule has 5 heteroatoms. The van der Waals surface area contributed by atoms with Gasteiger partial charge in [0, 0.05) is 17.0 Å². The predicted octanol–water partition coefficient (Wildman–Crippen LogP) is 4.81. The fraction of sp³-hybridized carbons (Fsp3) is 0.227. The third-order valence-corrected chi connectivity index (χ3v) is 4.84. The highest BCUT2D eigenvalue weighted by Crippen LogP contribution is 2.29. The van der Waals surface area contributed by atoms with Gasteiger partial charge < -0.3 is 4.98 Å². The van der Waals surface area contributed by atoms with Crippen LogP contribution in [0.3, 0.4) is 0 Å². The fourth-order valence-electron chi connectivity index (χ4n) is 3.18. The molecule has 0 saturated carbocycles. The molecule has 0 aliphatic rings. The van der Waals surface area contributed by atoms with E-state index in [1.807, 2.05) is 36.4 Å². The van der Waals surface area contributed by atoms with E-state index in [9.17, 15) is 10.1 Å². The van der Waals surface area contributed by atoms with Gasteiger partial charge in [-0.15, -0.1) is 0 Å². The number of hydrogen-bond donors (Lipinski definition) is 1. The first-order chi connectivity index (χ1) is 13.0. The van der Waals surface area contributed by atoms with Gasteiger partial charge >= 0.3 is 0 Å². The van der Waals surface area contributed by atoms with E-state index in [1.54, 1.807) is 13.0 Å². The van der Waals surface area contributed by atoms with E-state index in [2.05, 4.69) is 23.0 Å². The van der Waals surface area contributed by atoms with Crippen LogP contribution in [-0.2, 0) is 12.8 Å². The molecular formula is C22H20ClN3O. The van der Waals surface area contributed by atoms with Gasteiger partial charge in [0.05, 0.1) is 17.3 Å². The van der Waals surface area contributed by atoms with Gasteiger partial charge in [-0.3, -0.25) is 4.79 Å². The number of H-pyrrole nitrogens is 1. The van der Waals surface area contributed by atoms with Crippen LogP contribution in [0.15, 0.2) is 47.3 Å². The second-order valence-corrected chi connectivity index (χ2v) is 6.87. The van der Waals surface area contributed by atoms with Crippen molar-refractivity contribution in [3.05, 3.63) is 86.0 Å². The molecule has 0 spiro atoms. The van der Waals surface area contributed by atoms with Crippen molar-refractivity contribution in [2.24, 2.45) is 0 Å². The average Bonchev–Trinajstić information content (AvgIpc) is 2.65. The third-order valence-electron chi connectivity index (χ3n) is 4.49. The maximum Gasteiger partial charge on any atom is 0.254 e. The molecule has 0 saturated heterocycles. The summed E-state index contributed by atoms with van der Waals surface area (Å²) < 4.78 is 0. The van der Waals surface area contributed by atoms with Crippen LogP contribution >= 0.6 is 11.6 Å². The largest absolute Gasteiger partial charge is 0.311 e. The van der Waals surface area contributed by atoms with Crippen LogP contribution in [0, 0.1) is 18.3 Å². The highest BCUT2D eigenvalue weighted by molar-refractivity contribution is 6.31. The maximum atomic E-state index is 12.4. The van der Waals surface area contributed by atoms with E-state index in [0.717, 1.165) is 35.2 Å². The van der Waals surface area contributed by atoms with E-state index in [-0.39, 0.29) is 5.56 Å². The van der Waals surface area contributed by atoms with Gasteiger partial charge in [0.1, 0.15) is 5.82 Å². The summed E-state index contributed by atoms with van der Waals surface area (Å²) in [6.45, 7) is 3.86. The van der Waals surface area contributed by atoms with E-state index >= 15 is 0 Å². The molecule has 136 valence electrons. The summed E-state index contributed by atoms with van der Waals surface area (Å²) in [6, 6.07) is 15.3. The lowest BCUT2D eigenvalue weighted by molar-refractivity contribution is 0.820. The minimum atomic E-state index is -0.110. The Bertz CT molecular complexity index is 1080. The van der Waals surface area contributed by atoms with Gasteiger partial charge in [-0.1, -0.05) is 55.3 Å². The van der Waals surface area contributed by atoms with Crippen LogP contribution in [0.4, 0.5) is 0 Å². The van der Waals surface area contributed by atoms with Crippen LogP contribution in [-0.4, -0.2) is 9.97 Å². The van der Waals surface area contributed by atoms with Gasteiger partial charge in [0.15, 0.2) is 0 Å². The molecule has 0 bridgehead atoms. The zero-order chi connectivity index (χ0) is 19.4. The number of aromatic amines is 1. The van der Waals surface area contributed by atoms with Crippen molar-refractivity contribution >= 4 is 11.6 Å². The molecular weight excluding hydrogens is 358 g/mol. The molecule has 0 aliphatic heterocycles. The van der Waals surface area contributed by atoms with Gasteiger partial charge in [0.2, 0.25) is 0 Å². The summed E-state index contributed by atoms with van der Waals surface area (Å²) in [5.41, 5.74) is 4.57. The number of benzene rings is 2. The van der Waals surface area contributed by atoms with Crippen molar-refractivity contribution in [3.8, 4) is 17.2 Å². The quantitative estimate of drug-likeness (QED) is 0.693. The summed E-state index contributed by atoms with van der Waals surface area (Å²) in [5, 5.41) is 9.88. The molecule has 1 aromatic heterocycles. The van der Waals surface area contributed by atoms with Crippen molar-refractivity contribution in [3.63, 3.8) is 0 Å². The number of rotatable bonds is 5. The van der Waals surface area contributed by atoms with Crippen LogP contribution in [0.5, 0.6) is 0 Å². The smallest absolute Gasteiger partial charge is 0.254 e. The first-order valence-corrected chi connectivity index (χ1v) is 9.28. The fourth-order valence-corrected chi connectivity index (χ4v) is 3.42. The Hall–Kier alpha value is -2.90. The molecule has 0 amide bonds. The van der Waals surface area contributed by atoms with Crippen LogP contribution < -0.4 is 5.56 Å². The van der Waals surface area contributed by atoms with Crippen molar-refractivity contribution in [2.45, 2.75) is 33.1 Å². The minimum Gasteiger partial charge on any atom is -0.311 e. The molecule has 3 aromatic rings. The lowest BCUT2D eigenvalue weighted by Gasteiger charge is -2.11. The summed E-state index contributed by atoms with van der Waals surface area (Å²) in [5.74, 6) is 0.627. The molecule has 0 radical (unpaired) electrons. The first-order valence-electron chi connectivity index (χ1n) is 8.90. The Balaban J connectivity index is 1.99. The third kappa shape index (κ3) is 4.10. The number of nitrogens with one attached hydrogen (secondary N) is 1. The Kier molecular flexibility index (Phi) is 5.73. The average molecular weight is 378 g/mol. The van der Waals surface area contributed by atoms with Crippen molar-refractivity contribution in [1.82, 2.24) is 9.97 Å². The van der Waals surface area contributed by atoms with Gasteiger partial charge in [-0.05, 0) is 42.2 Å². The van der Waals surface area contributed by atoms with Crippen molar-refractivity contribution in [1.29, 1.82) is 5.26 Å². The number of nitrogens with zero attached hydrogens (tertiary/aromatic N) is 2. The Morgan fingerprint density at radius 1 is 1.22 bits per heavy atom. The molecule has 1 heterocycles. The molecule has 27 heavy (non-hydrogen) atoms. The van der Waals surface area contributed by atoms with Crippen LogP contribution in [0.25, 0.3) is 11.1 Å². The molecule has 4 nitrogen and oxygen atoms in total. The number of halogens is 1. The second-order valence-electron chi connectivity index (χ2n) is 6.47. The van der Waals surface area contributed by atoms with Crippen molar-refractivity contribution in [2.75, 3.05) is 0 Å². The lowest BCUT2D eigenvalue weighted by Crippen LogP contribution is -2.19. The SMILES string of the molecule is CCCc1nc(C)[nH]c(=O)c1Cc1ccc(-c2ccccc2C#N)cc1Cl. The molecule has 1 N–H and O–H groups in total. The zero-order valence-electron chi connectivity index (χ0n) is 15.3. The first kappa shape index (κ1) is 18.9. The normalized spacial score (nSPS) is 10.6. The predicted molar refractivity (Wildman–Crippen MR) is 108 cm³/mol. The van der Waals surface area contributed by atoms with Gasteiger partial charge in [-0.2, -0.15) is 5.26 Å². The number of nitriles is 1. The second kappa shape index (κ2) is 8.20. The van der Waals surface area contributed by atoms with Crippen LogP contribution in [0.2, 0.25) is 5.02 Å². The van der Waals surface area contributed by atoms with Gasteiger partial charge in [0.25, 0.3) is 5.56 Å². The molecule has 0 unspecified atom stereocenters. The number of aryl methyl sites for hydroxylation is 2. The zero-order valence-corrected chi connectivity index (χ0v) is 16.1. The Morgan fingerprint density at radius 2 is 2.00 bits per heavy atom. The van der Waals surface area contributed by atoms with E-state index in [4.69, 9.17) is 11.6 Å². The monoisotopic (exact) mass is 377 g/mol. The number of aromatic nitrogens is 2. The number of hydrogen-bond acceptors (Lipinski definition) is 3. The molecule has 2 aromatic carbocycles. The molecule has 3 rings (SSSR count). The molecule has 0 fully saturated rings. The summed E-state index contributed by atoms with van der Waals surface area (Å²) in [6.07, 6.45) is 2.10. The molecule has 0 aliphatic carbocycles. The van der Waals surface area contributed by atoms with E-state index < -0.39 is 0 Å². The standard InChI is InChI=1S/C22H20ClN3O/c1-3-6-21-19(22(27)26-14(2)25-21)11-16-10-9-15(12-20(16)23)18-8-5-4-7-17(18)13-24/h4-5,7-10,12H,3,6,11H2,1-2H3,(H,25,26,27). The highest BCUT2D eigenvalue weighted by Gasteiger charge is 2.14. The Labute approximate surface area is 163 Å². The molecule has 0 atom stereocenters. The summed E-state index contributed by atoms with van der Waals surface area (Å²) >= 11 is 6.52. The summed E-state index contributed by atoms with van der Waals surface area (Å²) in [7, 11) is 0. The topological polar surface area (TPSA) is 69.5 Å². The van der Waals surface area contributed by atoms with E-state index in [1.165, 1.54) is 0 Å². The van der Waals surface area contributed by atoms with E-state index in [0.29, 0.717) is 28.4 Å². The summed E-state index contributed by atoms with van der Waals surface area (Å²) in [4.78, 5) is 19.7. The maximum absolute atomic E-state index is 12.4. The van der Waals surface area contributed by atoms with Crippen molar-refractivity contribution < 1.29 is 0 Å².